The fourth-order valence-electron chi connectivity index (χ4n) is 12.8. The molecule has 0 bridgehead atoms. The Hall–Kier alpha value is -9.84. The van der Waals surface area contributed by atoms with Crippen molar-refractivity contribution in [3.8, 4) is 33.6 Å². The Labute approximate surface area is 482 Å². The number of rotatable bonds is 12. The van der Waals surface area contributed by atoms with Crippen LogP contribution in [0.2, 0.25) is 0 Å². The Bertz CT molecular complexity index is 4600. The minimum atomic E-state index is -2.15. The first-order valence-electron chi connectivity index (χ1n) is 28.0. The molecule has 0 aliphatic rings. The first-order valence-corrected chi connectivity index (χ1v) is 31.3. The second-order valence-electron chi connectivity index (χ2n) is 20.8. The summed E-state index contributed by atoms with van der Waals surface area (Å²) in [6.45, 7) is 0. The Morgan fingerprint density at radius 2 is 0.549 bits per heavy atom. The van der Waals surface area contributed by atoms with Crippen molar-refractivity contribution < 1.29 is 0 Å². The summed E-state index contributed by atoms with van der Waals surface area (Å²) in [6.07, 6.45) is 0. The van der Waals surface area contributed by atoms with Crippen molar-refractivity contribution in [3.05, 3.63) is 340 Å². The van der Waals surface area contributed by atoms with Gasteiger partial charge >= 0.3 is 0 Å². The van der Waals surface area contributed by atoms with Crippen LogP contribution in [0.3, 0.4) is 0 Å². The zero-order chi connectivity index (χ0) is 54.5. The Balaban J connectivity index is 0.956. The number of para-hydroxylation sites is 2. The highest BCUT2D eigenvalue weighted by molar-refractivity contribution is 8.34. The third-order valence-corrected chi connectivity index (χ3v) is 24.1. The van der Waals surface area contributed by atoms with Crippen molar-refractivity contribution in [2.75, 3.05) is 0 Å². The van der Waals surface area contributed by atoms with E-state index in [9.17, 15) is 0 Å². The average Bonchev–Trinajstić information content (AvgIpc) is 3.05. The van der Waals surface area contributed by atoms with E-state index in [1.807, 2.05) is 0 Å². The first-order chi connectivity index (χ1) is 40.7. The maximum absolute atomic E-state index is 2.51. The van der Waals surface area contributed by atoms with Crippen LogP contribution in [0.15, 0.2) is 379 Å². The van der Waals surface area contributed by atoms with E-state index in [4.69, 9.17) is 0 Å². The van der Waals surface area contributed by atoms with Crippen molar-refractivity contribution in [2.24, 2.45) is 0 Å². The molecule has 0 aliphatic heterocycles. The number of hydrogen-bond donors (Lipinski definition) is 0. The van der Waals surface area contributed by atoms with E-state index in [-0.39, 0.29) is 0 Å². The van der Waals surface area contributed by atoms with E-state index in [1.165, 1.54) is 94.0 Å². The zero-order valence-corrected chi connectivity index (χ0v) is 46.7. The Kier molecular flexibility index (Phi) is 12.4. The van der Waals surface area contributed by atoms with Gasteiger partial charge in [0.2, 0.25) is 0 Å². The van der Waals surface area contributed by atoms with Crippen molar-refractivity contribution in [2.45, 2.75) is 39.2 Å². The summed E-state index contributed by atoms with van der Waals surface area (Å²) in [5.41, 5.74) is 11.7. The molecule has 2 aromatic heterocycles. The molecule has 0 amide bonds. The van der Waals surface area contributed by atoms with Gasteiger partial charge in [0, 0.05) is 72.1 Å². The van der Waals surface area contributed by atoms with Crippen LogP contribution in [-0.4, -0.2) is 9.13 Å². The van der Waals surface area contributed by atoms with Gasteiger partial charge in [0.25, 0.3) is 0 Å². The van der Waals surface area contributed by atoms with Crippen LogP contribution in [0.5, 0.6) is 0 Å². The molecule has 82 heavy (non-hydrogen) atoms. The van der Waals surface area contributed by atoms with Crippen LogP contribution in [0.4, 0.5) is 0 Å². The number of benzene rings is 13. The number of fused-ring (bicyclic) bond motifs is 6. The second kappa shape index (κ2) is 20.7. The highest BCUT2D eigenvalue weighted by atomic mass is 32.3. The van der Waals surface area contributed by atoms with Crippen LogP contribution in [0, 0.1) is 0 Å². The highest BCUT2D eigenvalue weighted by Gasteiger charge is 2.37. The van der Waals surface area contributed by atoms with Crippen LogP contribution >= 0.6 is 20.1 Å². The van der Waals surface area contributed by atoms with Crippen LogP contribution < -0.4 is 0 Å². The molecule has 0 unspecified atom stereocenters. The molecule has 0 atom stereocenters. The van der Waals surface area contributed by atoms with E-state index in [1.54, 1.807) is 0 Å². The van der Waals surface area contributed by atoms with E-state index in [0.717, 1.165) is 22.4 Å². The van der Waals surface area contributed by atoms with Gasteiger partial charge in [-0.15, -0.1) is 20.1 Å². The van der Waals surface area contributed by atoms with Gasteiger partial charge in [-0.1, -0.05) is 206 Å². The summed E-state index contributed by atoms with van der Waals surface area (Å²) in [5, 5.41) is 4.92. The average molecular weight is 1090 g/mol. The van der Waals surface area contributed by atoms with Crippen LogP contribution in [0.1, 0.15) is 0 Å². The van der Waals surface area contributed by atoms with E-state index >= 15 is 0 Å². The summed E-state index contributed by atoms with van der Waals surface area (Å²) >= 11 is 0. The van der Waals surface area contributed by atoms with E-state index in [0.29, 0.717) is 0 Å². The Morgan fingerprint density at radius 1 is 0.195 bits per heavy atom. The summed E-state index contributed by atoms with van der Waals surface area (Å²) in [7, 11) is -4.15. The largest absolute Gasteiger partial charge is 0.309 e. The van der Waals surface area contributed by atoms with Crippen molar-refractivity contribution in [1.82, 2.24) is 9.13 Å². The highest BCUT2D eigenvalue weighted by Crippen LogP contribution is 2.76. The third kappa shape index (κ3) is 7.97. The minimum absolute atomic E-state index is 1.12. The monoisotopic (exact) mass is 1080 g/mol. The van der Waals surface area contributed by atoms with Crippen molar-refractivity contribution in [3.63, 3.8) is 0 Å². The smallest absolute Gasteiger partial charge is 0.0552 e. The maximum Gasteiger partial charge on any atom is 0.0552 e. The van der Waals surface area contributed by atoms with E-state index < -0.39 is 20.1 Å². The predicted molar refractivity (Wildman–Crippen MR) is 346 cm³/mol. The molecule has 15 rings (SSSR count). The SMILES string of the molecule is c1ccc(-c2cccc(S(c3ccccc3)(c3cccc(-c4ccccc4)c3)c3cccc(-n4c5ccccc5c5cc(-n6c7ccccc7c7c(S(c8ccccc8)(c8ccccc8)c8ccccc8)cccc76)ccc54)c3)c2)cc1. The van der Waals surface area contributed by atoms with Gasteiger partial charge in [0.1, 0.15) is 0 Å². The van der Waals surface area contributed by atoms with Crippen LogP contribution in [-0.2, 0) is 0 Å². The van der Waals surface area contributed by atoms with Gasteiger partial charge in [0.15, 0.2) is 0 Å². The molecule has 0 radical (unpaired) electrons. The third-order valence-electron chi connectivity index (χ3n) is 16.3. The molecule has 2 nitrogen and oxygen atoms in total. The number of nitrogens with zero attached hydrogens (tertiary/aromatic N) is 2. The molecule has 4 heteroatoms. The summed E-state index contributed by atoms with van der Waals surface area (Å²) in [5.74, 6) is 0. The maximum atomic E-state index is 2.51. The van der Waals surface area contributed by atoms with Gasteiger partial charge in [0.05, 0.1) is 22.1 Å². The zero-order valence-electron chi connectivity index (χ0n) is 45.0. The first kappa shape index (κ1) is 49.2. The fraction of sp³-hybridized carbons (Fsp3) is 0. The molecular formula is C78H56N2S2. The summed E-state index contributed by atoms with van der Waals surface area (Å²) in [6, 6.07) is 127. The molecular weight excluding hydrogens is 1030 g/mol. The quantitative estimate of drug-likeness (QED) is 0.115. The van der Waals surface area contributed by atoms with Gasteiger partial charge in [-0.05, 0) is 156 Å². The van der Waals surface area contributed by atoms with Gasteiger partial charge in [-0.25, -0.2) is 0 Å². The topological polar surface area (TPSA) is 9.86 Å². The summed E-state index contributed by atoms with van der Waals surface area (Å²) < 4.78 is 5.01. The lowest BCUT2D eigenvalue weighted by Crippen LogP contribution is -2.07. The molecule has 0 fully saturated rings. The molecule has 15 aromatic rings. The molecule has 0 spiro atoms. The van der Waals surface area contributed by atoms with Gasteiger partial charge in [-0.2, -0.15) is 0 Å². The van der Waals surface area contributed by atoms with E-state index in [2.05, 4.69) is 349 Å². The molecule has 0 aliphatic carbocycles. The normalized spacial score (nSPS) is 12.3. The molecule has 390 valence electrons. The lowest BCUT2D eigenvalue weighted by molar-refractivity contribution is 1.14. The molecule has 2 heterocycles. The van der Waals surface area contributed by atoms with Gasteiger partial charge in [-0.3, -0.25) is 0 Å². The minimum Gasteiger partial charge on any atom is -0.309 e. The van der Waals surface area contributed by atoms with Crippen molar-refractivity contribution in [1.29, 1.82) is 0 Å². The molecule has 13 aromatic carbocycles. The Morgan fingerprint density at radius 3 is 1.09 bits per heavy atom. The molecule has 0 N–H and O–H groups in total. The number of aromatic nitrogens is 2. The second-order valence-corrected chi connectivity index (χ2v) is 27.0. The lowest BCUT2D eigenvalue weighted by Gasteiger charge is -2.42. The van der Waals surface area contributed by atoms with Crippen molar-refractivity contribution >= 4 is 63.7 Å². The fourth-order valence-corrected chi connectivity index (χ4v) is 20.8. The van der Waals surface area contributed by atoms with Crippen LogP contribution in [0.25, 0.3) is 77.2 Å². The van der Waals surface area contributed by atoms with Gasteiger partial charge < -0.3 is 9.13 Å². The lowest BCUT2D eigenvalue weighted by atomic mass is 10.1. The number of hydrogen-bond acceptors (Lipinski definition) is 0. The standard InChI is InChI=1S/C78H56N2S2/c1-7-27-57(28-8-1)59-31-23-42-67(53-59)81(63-34-11-3-12-35-63,68-43-24-32-60(54-68)58-29-9-2-10-30-58)69-44-25-33-61(55-69)79-73-47-21-19-45-70(73)72-56-62(51-52-75(72)79)80-74-48-22-20-46-71(74)78-76(80)49-26-50-77(78)82(64-36-13-4-14-37-64,65-38-15-5-16-39-65)66-40-17-6-18-41-66/h1-56H. The molecule has 0 saturated carbocycles. The molecule has 0 saturated heterocycles. The summed E-state index contributed by atoms with van der Waals surface area (Å²) in [4.78, 5) is 10.3. The predicted octanol–water partition coefficient (Wildman–Crippen LogP) is 21.9.